The van der Waals surface area contributed by atoms with E-state index < -0.39 is 10.0 Å². The van der Waals surface area contributed by atoms with Crippen LogP contribution in [0.4, 0.5) is 4.39 Å². The van der Waals surface area contributed by atoms with Crippen LogP contribution >= 0.6 is 0 Å². The Morgan fingerprint density at radius 2 is 2.04 bits per heavy atom. The first-order valence-corrected chi connectivity index (χ1v) is 9.30. The van der Waals surface area contributed by atoms with Gasteiger partial charge < -0.3 is 0 Å². The molecular weight excluding hydrogens is 317 g/mol. The SMILES string of the molecule is CCS(=O)(=O)N1CCC(n2cc(-c3c[c]c(F)cc3)cn2)CC1. The first-order valence-electron chi connectivity index (χ1n) is 7.69. The number of piperidine rings is 1. The summed E-state index contributed by atoms with van der Waals surface area (Å²) in [5.41, 5.74) is 1.77. The maximum Gasteiger partial charge on any atom is 0.213 e. The lowest BCUT2D eigenvalue weighted by atomic mass is 10.1. The fraction of sp³-hybridized carbons (Fsp3) is 0.438. The van der Waals surface area contributed by atoms with Crippen molar-refractivity contribution >= 4 is 10.0 Å². The molecule has 0 atom stereocenters. The molecule has 2 heterocycles. The van der Waals surface area contributed by atoms with Gasteiger partial charge in [-0.05, 0) is 37.5 Å². The van der Waals surface area contributed by atoms with Gasteiger partial charge >= 0.3 is 0 Å². The Hall–Kier alpha value is -1.73. The van der Waals surface area contributed by atoms with E-state index >= 15 is 0 Å². The molecule has 0 amide bonds. The van der Waals surface area contributed by atoms with E-state index in [1.165, 1.54) is 6.07 Å². The normalized spacial score (nSPS) is 17.5. The second-order valence-electron chi connectivity index (χ2n) is 5.67. The van der Waals surface area contributed by atoms with E-state index in [9.17, 15) is 12.8 Å². The number of rotatable bonds is 4. The monoisotopic (exact) mass is 336 g/mol. The van der Waals surface area contributed by atoms with Crippen molar-refractivity contribution in [3.05, 3.63) is 42.5 Å². The van der Waals surface area contributed by atoms with E-state index in [1.54, 1.807) is 29.6 Å². The van der Waals surface area contributed by atoms with Crippen LogP contribution in [0.2, 0.25) is 0 Å². The van der Waals surface area contributed by atoms with Crippen molar-refractivity contribution in [2.75, 3.05) is 18.8 Å². The lowest BCUT2D eigenvalue weighted by Gasteiger charge is -2.31. The molecule has 0 N–H and O–H groups in total. The molecule has 123 valence electrons. The van der Waals surface area contributed by atoms with Crippen LogP contribution in [-0.2, 0) is 10.0 Å². The largest absolute Gasteiger partial charge is 0.269 e. The van der Waals surface area contributed by atoms with E-state index in [4.69, 9.17) is 0 Å². The topological polar surface area (TPSA) is 55.2 Å². The Bertz CT molecular complexity index is 763. The number of nitrogens with zero attached hydrogens (tertiary/aromatic N) is 3. The molecule has 1 aromatic heterocycles. The van der Waals surface area contributed by atoms with Gasteiger partial charge in [0, 0.05) is 30.9 Å². The third-order valence-electron chi connectivity index (χ3n) is 4.27. The van der Waals surface area contributed by atoms with Crippen LogP contribution in [0.5, 0.6) is 0 Å². The van der Waals surface area contributed by atoms with Crippen LogP contribution in [0.15, 0.2) is 30.6 Å². The van der Waals surface area contributed by atoms with E-state index in [0.29, 0.717) is 13.1 Å². The van der Waals surface area contributed by atoms with Crippen molar-refractivity contribution in [1.29, 1.82) is 0 Å². The maximum absolute atomic E-state index is 12.9. The molecule has 7 heteroatoms. The first-order chi connectivity index (χ1) is 11.0. The van der Waals surface area contributed by atoms with Gasteiger partial charge in [0.1, 0.15) is 5.82 Å². The molecule has 0 aliphatic carbocycles. The highest BCUT2D eigenvalue weighted by Crippen LogP contribution is 2.26. The molecular formula is C16H19FN3O2S. The van der Waals surface area contributed by atoms with Crippen molar-refractivity contribution in [3.63, 3.8) is 0 Å². The summed E-state index contributed by atoms with van der Waals surface area (Å²) in [7, 11) is -3.10. The molecule has 0 spiro atoms. The van der Waals surface area contributed by atoms with Gasteiger partial charge in [0.25, 0.3) is 0 Å². The molecule has 23 heavy (non-hydrogen) atoms. The Morgan fingerprint density at radius 3 is 2.65 bits per heavy atom. The molecule has 1 radical (unpaired) electrons. The van der Waals surface area contributed by atoms with E-state index in [2.05, 4.69) is 11.2 Å². The number of hydrogen-bond donors (Lipinski definition) is 0. The van der Waals surface area contributed by atoms with Gasteiger partial charge in [-0.1, -0.05) is 6.07 Å². The quantitative estimate of drug-likeness (QED) is 0.862. The van der Waals surface area contributed by atoms with Gasteiger partial charge in [-0.15, -0.1) is 0 Å². The average molecular weight is 336 g/mol. The summed E-state index contributed by atoms with van der Waals surface area (Å²) in [4.78, 5) is 0. The van der Waals surface area contributed by atoms with Crippen LogP contribution < -0.4 is 0 Å². The van der Waals surface area contributed by atoms with E-state index in [-0.39, 0.29) is 17.6 Å². The molecule has 5 nitrogen and oxygen atoms in total. The third-order valence-corrected chi connectivity index (χ3v) is 6.15. The van der Waals surface area contributed by atoms with Crippen LogP contribution in [0.1, 0.15) is 25.8 Å². The molecule has 2 aromatic rings. The molecule has 1 aliphatic rings. The summed E-state index contributed by atoms with van der Waals surface area (Å²) >= 11 is 0. The number of hydrogen-bond acceptors (Lipinski definition) is 3. The van der Waals surface area contributed by atoms with Crippen molar-refractivity contribution in [3.8, 4) is 11.1 Å². The van der Waals surface area contributed by atoms with Crippen molar-refractivity contribution in [2.45, 2.75) is 25.8 Å². The second kappa shape index (κ2) is 6.41. The minimum Gasteiger partial charge on any atom is -0.269 e. The van der Waals surface area contributed by atoms with E-state index in [1.807, 2.05) is 10.9 Å². The fourth-order valence-electron chi connectivity index (χ4n) is 2.84. The minimum atomic E-state index is -3.10. The van der Waals surface area contributed by atoms with Crippen molar-refractivity contribution < 1.29 is 12.8 Å². The van der Waals surface area contributed by atoms with Gasteiger partial charge in [-0.25, -0.2) is 17.1 Å². The molecule has 0 unspecified atom stereocenters. The lowest BCUT2D eigenvalue weighted by Crippen LogP contribution is -2.39. The highest BCUT2D eigenvalue weighted by molar-refractivity contribution is 7.89. The van der Waals surface area contributed by atoms with Gasteiger partial charge in [0.05, 0.1) is 18.0 Å². The number of sulfonamides is 1. The van der Waals surface area contributed by atoms with Crippen LogP contribution in [0.3, 0.4) is 0 Å². The Kier molecular flexibility index (Phi) is 4.50. The third kappa shape index (κ3) is 3.45. The molecule has 0 bridgehead atoms. The predicted molar refractivity (Wildman–Crippen MR) is 85.8 cm³/mol. The summed E-state index contributed by atoms with van der Waals surface area (Å²) in [6.07, 6.45) is 5.16. The van der Waals surface area contributed by atoms with Crippen molar-refractivity contribution in [1.82, 2.24) is 14.1 Å². The molecule has 1 fully saturated rings. The number of halogens is 1. The van der Waals surface area contributed by atoms with Crippen LogP contribution in [-0.4, -0.2) is 41.3 Å². The predicted octanol–water partition coefficient (Wildman–Crippen LogP) is 2.48. The molecule has 1 aromatic carbocycles. The summed E-state index contributed by atoms with van der Waals surface area (Å²) in [5.74, 6) is -0.240. The van der Waals surface area contributed by atoms with Crippen molar-refractivity contribution in [2.24, 2.45) is 0 Å². The Morgan fingerprint density at radius 1 is 1.30 bits per heavy atom. The van der Waals surface area contributed by atoms with Crippen LogP contribution in [0.25, 0.3) is 11.1 Å². The minimum absolute atomic E-state index is 0.144. The second-order valence-corrected chi connectivity index (χ2v) is 7.92. The average Bonchev–Trinajstić information content (AvgIpc) is 3.05. The zero-order valence-corrected chi connectivity index (χ0v) is 13.8. The summed E-state index contributed by atoms with van der Waals surface area (Å²) in [5, 5.41) is 4.39. The van der Waals surface area contributed by atoms with Crippen LogP contribution in [0, 0.1) is 11.9 Å². The number of aromatic nitrogens is 2. The molecule has 1 aliphatic heterocycles. The highest BCUT2D eigenvalue weighted by Gasteiger charge is 2.27. The first kappa shape index (κ1) is 16.1. The van der Waals surface area contributed by atoms with Gasteiger partial charge in [0.2, 0.25) is 10.0 Å². The lowest BCUT2D eigenvalue weighted by molar-refractivity contribution is 0.261. The molecule has 3 rings (SSSR count). The Labute approximate surface area is 135 Å². The Balaban J connectivity index is 1.69. The maximum atomic E-state index is 12.9. The zero-order chi connectivity index (χ0) is 16.4. The molecule has 0 saturated carbocycles. The fourth-order valence-corrected chi connectivity index (χ4v) is 3.97. The zero-order valence-electron chi connectivity index (χ0n) is 12.9. The number of benzene rings is 1. The summed E-state index contributed by atoms with van der Waals surface area (Å²) in [6.45, 7) is 2.72. The summed E-state index contributed by atoms with van der Waals surface area (Å²) < 4.78 is 40.1. The van der Waals surface area contributed by atoms with Gasteiger partial charge in [-0.3, -0.25) is 4.68 Å². The smallest absolute Gasteiger partial charge is 0.213 e. The summed E-state index contributed by atoms with van der Waals surface area (Å²) in [6, 6.07) is 7.41. The van der Waals surface area contributed by atoms with E-state index in [0.717, 1.165) is 24.0 Å². The molecule has 1 saturated heterocycles. The van der Waals surface area contributed by atoms with Gasteiger partial charge in [0.15, 0.2) is 0 Å². The van der Waals surface area contributed by atoms with Gasteiger partial charge in [-0.2, -0.15) is 5.10 Å². The highest BCUT2D eigenvalue weighted by atomic mass is 32.2. The standard InChI is InChI=1S/C16H19FN3O2S/c1-2-23(21,22)19-9-7-16(8-10-19)20-12-14(11-18-20)13-3-5-15(17)6-4-13/h3-5,11-12,16H,2,7-10H2,1H3.